The summed E-state index contributed by atoms with van der Waals surface area (Å²) in [4.78, 5) is 0. The van der Waals surface area contributed by atoms with E-state index in [9.17, 15) is 0 Å². The van der Waals surface area contributed by atoms with Gasteiger partial charge in [-0.15, -0.1) is 0 Å². The monoisotopic (exact) mass is 175 g/mol. The fraction of sp³-hybridized carbons (Fsp3) is 0.111. The number of benzene rings is 1. The first-order chi connectivity index (χ1) is 5.81. The highest BCUT2D eigenvalue weighted by molar-refractivity contribution is 7.97. The van der Waals surface area contributed by atoms with Crippen molar-refractivity contribution >= 4 is 36.2 Å². The molecule has 0 unspecified atom stereocenters. The summed E-state index contributed by atoms with van der Waals surface area (Å²) in [6.45, 7) is 0. The van der Waals surface area contributed by atoms with E-state index in [4.69, 9.17) is 0 Å². The summed E-state index contributed by atoms with van der Waals surface area (Å²) < 4.78 is 2.18. The topological polar surface area (TPSA) is 4.93 Å². The Kier molecular flexibility index (Phi) is 1.89. The largest absolute Gasteiger partial charge is 0.291 e. The maximum absolute atomic E-state index is 2.21. The van der Waals surface area contributed by atoms with E-state index < -0.39 is 0 Å². The Morgan fingerprint density at radius 2 is 2.17 bits per heavy atom. The minimum Gasteiger partial charge on any atom is -0.291 e. The van der Waals surface area contributed by atoms with Gasteiger partial charge in [0.2, 0.25) is 0 Å². The predicted molar refractivity (Wildman–Crippen MR) is 59.0 cm³/mol. The van der Waals surface area contributed by atoms with Gasteiger partial charge < -0.3 is 0 Å². The van der Waals surface area contributed by atoms with Crippen LogP contribution in [0.5, 0.6) is 0 Å². The van der Waals surface area contributed by atoms with E-state index in [1.807, 2.05) is 0 Å². The molecule has 0 aliphatic heterocycles. The van der Waals surface area contributed by atoms with Crippen molar-refractivity contribution in [3.05, 3.63) is 30.5 Å². The van der Waals surface area contributed by atoms with Gasteiger partial charge in [0.25, 0.3) is 0 Å². The van der Waals surface area contributed by atoms with Gasteiger partial charge in [-0.3, -0.25) is 3.97 Å². The van der Waals surface area contributed by atoms with Gasteiger partial charge >= 0.3 is 0 Å². The number of fused-ring (bicyclic) bond motifs is 1. The van der Waals surface area contributed by atoms with Gasteiger partial charge in [-0.25, -0.2) is 0 Å². The van der Waals surface area contributed by atoms with E-state index >= 15 is 0 Å². The summed E-state index contributed by atoms with van der Waals surface area (Å²) >= 11 is 1.73. The molecule has 12 heavy (non-hydrogen) atoms. The van der Waals surface area contributed by atoms with Crippen molar-refractivity contribution < 1.29 is 0 Å². The molecule has 1 heterocycles. The molecule has 0 N–H and O–H groups in total. The molecule has 0 aliphatic carbocycles. The Morgan fingerprint density at radius 1 is 1.33 bits per heavy atom. The molecule has 2 rings (SSSR count). The molecule has 0 fully saturated rings. The lowest BCUT2D eigenvalue weighted by atomic mass is 9.95. The molecule has 1 aromatic carbocycles. The Bertz CT molecular complexity index is 408. The molecule has 0 atom stereocenters. The first-order valence-electron chi connectivity index (χ1n) is 3.93. The second-order valence-electron chi connectivity index (χ2n) is 2.89. The van der Waals surface area contributed by atoms with Crippen LogP contribution in [-0.4, -0.2) is 18.1 Å². The zero-order chi connectivity index (χ0) is 8.55. The Labute approximate surface area is 77.3 Å². The fourth-order valence-electron chi connectivity index (χ4n) is 1.40. The average molecular weight is 175 g/mol. The summed E-state index contributed by atoms with van der Waals surface area (Å²) in [5.41, 5.74) is 2.62. The van der Waals surface area contributed by atoms with Crippen molar-refractivity contribution in [1.29, 1.82) is 0 Å². The van der Waals surface area contributed by atoms with E-state index in [2.05, 4.69) is 48.5 Å². The lowest BCUT2D eigenvalue weighted by molar-refractivity contribution is 1.36. The van der Waals surface area contributed by atoms with E-state index in [0.717, 1.165) is 0 Å². The third kappa shape index (κ3) is 1.14. The fourth-order valence-corrected chi connectivity index (χ4v) is 1.94. The van der Waals surface area contributed by atoms with Crippen molar-refractivity contribution in [3.63, 3.8) is 0 Å². The first kappa shape index (κ1) is 7.81. The van der Waals surface area contributed by atoms with Crippen molar-refractivity contribution in [2.24, 2.45) is 0 Å². The molecule has 0 spiro atoms. The summed E-state index contributed by atoms with van der Waals surface area (Å²) in [7, 11) is 2.12. The average Bonchev–Trinajstić information content (AvgIpc) is 2.46. The summed E-state index contributed by atoms with van der Waals surface area (Å²) in [6.07, 6.45) is 4.19. The van der Waals surface area contributed by atoms with Crippen molar-refractivity contribution in [2.75, 3.05) is 6.26 Å². The van der Waals surface area contributed by atoms with Gasteiger partial charge in [0.05, 0.1) is 5.52 Å². The van der Waals surface area contributed by atoms with Crippen LogP contribution < -0.4 is 5.46 Å². The number of rotatable bonds is 1. The van der Waals surface area contributed by atoms with Crippen molar-refractivity contribution in [1.82, 2.24) is 3.97 Å². The van der Waals surface area contributed by atoms with Gasteiger partial charge in [0.15, 0.2) is 0 Å². The highest BCUT2D eigenvalue weighted by Gasteiger charge is 1.98. The van der Waals surface area contributed by atoms with Crippen molar-refractivity contribution in [2.45, 2.75) is 0 Å². The highest BCUT2D eigenvalue weighted by atomic mass is 32.2. The van der Waals surface area contributed by atoms with Crippen molar-refractivity contribution in [3.8, 4) is 0 Å². The summed E-state index contributed by atoms with van der Waals surface area (Å²) in [5, 5.41) is 1.32. The molecule has 0 saturated carbocycles. The third-order valence-corrected chi connectivity index (χ3v) is 2.72. The molecule has 60 valence electrons. The molecule has 2 aromatic rings. The van der Waals surface area contributed by atoms with E-state index in [-0.39, 0.29) is 0 Å². The van der Waals surface area contributed by atoms with Crippen LogP contribution in [0.4, 0.5) is 0 Å². The maximum Gasteiger partial charge on any atom is 0.139 e. The number of aromatic nitrogens is 1. The van der Waals surface area contributed by atoms with Crippen LogP contribution in [0.15, 0.2) is 30.5 Å². The Morgan fingerprint density at radius 3 is 2.92 bits per heavy atom. The van der Waals surface area contributed by atoms with Gasteiger partial charge in [-0.2, -0.15) is 0 Å². The van der Waals surface area contributed by atoms with Crippen LogP contribution in [0.1, 0.15) is 0 Å². The van der Waals surface area contributed by atoms with Gasteiger partial charge in [0, 0.05) is 12.5 Å². The SMILES string of the molecule is Bc1ccc2c(ccn2SC)c1. The molecular formula is C9H10BNS. The second-order valence-corrected chi connectivity index (χ2v) is 3.64. The van der Waals surface area contributed by atoms with Crippen LogP contribution in [0.25, 0.3) is 10.9 Å². The number of hydrogen-bond donors (Lipinski definition) is 0. The van der Waals surface area contributed by atoms with E-state index in [1.54, 1.807) is 11.9 Å². The molecule has 0 aliphatic rings. The predicted octanol–water partition coefficient (Wildman–Crippen LogP) is 1.03. The molecule has 0 amide bonds. The summed E-state index contributed by atoms with van der Waals surface area (Å²) in [6, 6.07) is 8.68. The Hall–Kier alpha value is -0.825. The molecular weight excluding hydrogens is 165 g/mol. The normalized spacial score (nSPS) is 10.8. The minimum atomic E-state index is 1.30. The lowest BCUT2D eigenvalue weighted by Gasteiger charge is -1.98. The van der Waals surface area contributed by atoms with Crippen LogP contribution in [0, 0.1) is 0 Å². The summed E-state index contributed by atoms with van der Waals surface area (Å²) in [5.74, 6) is 0. The van der Waals surface area contributed by atoms with E-state index in [1.165, 1.54) is 16.4 Å². The van der Waals surface area contributed by atoms with Crippen LogP contribution in [-0.2, 0) is 0 Å². The van der Waals surface area contributed by atoms with Gasteiger partial charge in [0.1, 0.15) is 7.85 Å². The first-order valence-corrected chi connectivity index (χ1v) is 5.11. The number of nitrogens with zero attached hydrogens (tertiary/aromatic N) is 1. The molecule has 0 bridgehead atoms. The Balaban J connectivity index is 2.73. The van der Waals surface area contributed by atoms with Gasteiger partial charge in [-0.1, -0.05) is 17.6 Å². The lowest BCUT2D eigenvalue weighted by Crippen LogP contribution is -1.99. The zero-order valence-electron chi connectivity index (χ0n) is 7.24. The van der Waals surface area contributed by atoms with E-state index in [0.29, 0.717) is 0 Å². The maximum atomic E-state index is 2.21. The highest BCUT2D eigenvalue weighted by Crippen LogP contribution is 2.17. The quantitative estimate of drug-likeness (QED) is 0.586. The minimum absolute atomic E-state index is 1.30. The van der Waals surface area contributed by atoms with Crippen LogP contribution in [0.2, 0.25) is 0 Å². The standard InChI is InChI=1S/C9H10BNS/c1-12-11-5-4-7-6-8(10)2-3-9(7)11/h2-6H,10H2,1H3. The van der Waals surface area contributed by atoms with Crippen LogP contribution in [0.3, 0.4) is 0 Å². The van der Waals surface area contributed by atoms with Gasteiger partial charge in [-0.05, 0) is 29.5 Å². The molecule has 3 heteroatoms. The number of hydrogen-bond acceptors (Lipinski definition) is 1. The zero-order valence-corrected chi connectivity index (χ0v) is 8.06. The van der Waals surface area contributed by atoms with Crippen LogP contribution >= 0.6 is 11.9 Å². The molecule has 0 saturated heterocycles. The molecule has 1 aromatic heterocycles. The smallest absolute Gasteiger partial charge is 0.139 e. The molecule has 0 radical (unpaired) electrons. The molecule has 1 nitrogen and oxygen atoms in total. The second kappa shape index (κ2) is 2.90. The third-order valence-electron chi connectivity index (χ3n) is 2.01.